The Kier molecular flexibility index (Phi) is 2.76. The largest absolute Gasteiger partial charge is 0.497 e. The van der Waals surface area contributed by atoms with Gasteiger partial charge in [-0.25, -0.2) is 4.98 Å². The molecule has 5 nitrogen and oxygen atoms in total. The first-order valence-electron chi connectivity index (χ1n) is 4.82. The molecule has 0 amide bonds. The molecule has 5 heteroatoms. The highest BCUT2D eigenvalue weighted by Gasteiger charge is 2.10. The second-order valence-electron chi connectivity index (χ2n) is 3.23. The van der Waals surface area contributed by atoms with Crippen molar-refractivity contribution in [3.8, 4) is 23.6 Å². The lowest BCUT2D eigenvalue weighted by Gasteiger charge is -2.08. The Hall–Kier alpha value is -2.79. The number of nitrogens with zero attached hydrogens (tertiary/aromatic N) is 4. The highest BCUT2D eigenvalue weighted by Crippen LogP contribution is 2.21. The van der Waals surface area contributed by atoms with Crippen LogP contribution < -0.4 is 4.74 Å². The molecule has 0 atom stereocenters. The van der Waals surface area contributed by atoms with Crippen LogP contribution in [-0.4, -0.2) is 16.7 Å². The number of hydrogen-bond acceptors (Lipinski definition) is 4. The van der Waals surface area contributed by atoms with Crippen molar-refractivity contribution in [2.75, 3.05) is 7.11 Å². The molecule has 0 aliphatic rings. The van der Waals surface area contributed by atoms with Crippen LogP contribution in [0.3, 0.4) is 0 Å². The molecule has 2 aromatic rings. The van der Waals surface area contributed by atoms with E-state index in [-0.39, 0.29) is 5.82 Å². The van der Waals surface area contributed by atoms with Crippen LogP contribution in [0.25, 0.3) is 5.69 Å². The SMILES string of the molecule is COc1ccc(C#N)c(-n2ccnc2C#N)c1. The van der Waals surface area contributed by atoms with E-state index in [2.05, 4.69) is 11.1 Å². The summed E-state index contributed by atoms with van der Waals surface area (Å²) in [6.07, 6.45) is 3.15. The van der Waals surface area contributed by atoms with Crippen molar-refractivity contribution in [2.45, 2.75) is 0 Å². The maximum absolute atomic E-state index is 9.04. The molecule has 0 fully saturated rings. The summed E-state index contributed by atoms with van der Waals surface area (Å²) in [5, 5.41) is 17.9. The van der Waals surface area contributed by atoms with Crippen molar-refractivity contribution in [2.24, 2.45) is 0 Å². The molecule has 0 saturated carbocycles. The maximum atomic E-state index is 9.04. The Labute approximate surface area is 98.1 Å². The summed E-state index contributed by atoms with van der Waals surface area (Å²) in [4.78, 5) is 3.89. The summed E-state index contributed by atoms with van der Waals surface area (Å²) in [5.74, 6) is 0.853. The lowest BCUT2D eigenvalue weighted by Crippen LogP contribution is -2.00. The number of nitriles is 2. The molecule has 0 N–H and O–H groups in total. The van der Waals surface area contributed by atoms with Crippen LogP contribution in [0.15, 0.2) is 30.6 Å². The van der Waals surface area contributed by atoms with Crippen LogP contribution in [0.2, 0.25) is 0 Å². The molecule has 1 heterocycles. The third-order valence-corrected chi connectivity index (χ3v) is 2.33. The molecule has 0 unspecified atom stereocenters. The first-order valence-corrected chi connectivity index (χ1v) is 4.82. The highest BCUT2D eigenvalue weighted by molar-refractivity contribution is 5.53. The van der Waals surface area contributed by atoms with Gasteiger partial charge in [-0.15, -0.1) is 0 Å². The monoisotopic (exact) mass is 224 g/mol. The summed E-state index contributed by atoms with van der Waals surface area (Å²) >= 11 is 0. The Morgan fingerprint density at radius 3 is 2.76 bits per heavy atom. The van der Waals surface area contributed by atoms with E-state index >= 15 is 0 Å². The van der Waals surface area contributed by atoms with Gasteiger partial charge in [-0.05, 0) is 12.1 Å². The summed E-state index contributed by atoms with van der Waals surface area (Å²) in [6.45, 7) is 0. The average Bonchev–Trinajstić information content (AvgIpc) is 2.86. The number of rotatable bonds is 2. The fourth-order valence-electron chi connectivity index (χ4n) is 1.51. The van der Waals surface area contributed by atoms with E-state index in [0.29, 0.717) is 17.0 Å². The van der Waals surface area contributed by atoms with Gasteiger partial charge in [-0.3, -0.25) is 4.57 Å². The van der Waals surface area contributed by atoms with Crippen molar-refractivity contribution in [3.63, 3.8) is 0 Å². The van der Waals surface area contributed by atoms with Crippen molar-refractivity contribution in [1.82, 2.24) is 9.55 Å². The lowest BCUT2D eigenvalue weighted by molar-refractivity contribution is 0.414. The summed E-state index contributed by atoms with van der Waals surface area (Å²) < 4.78 is 6.66. The quantitative estimate of drug-likeness (QED) is 0.776. The Balaban J connectivity index is 2.66. The molecule has 0 aliphatic heterocycles. The van der Waals surface area contributed by atoms with Crippen LogP contribution in [-0.2, 0) is 0 Å². The highest BCUT2D eigenvalue weighted by atomic mass is 16.5. The van der Waals surface area contributed by atoms with Gasteiger partial charge < -0.3 is 4.74 Å². The molecule has 1 aromatic heterocycles. The molecule has 2 rings (SSSR count). The molecule has 17 heavy (non-hydrogen) atoms. The topological polar surface area (TPSA) is 74.6 Å². The third kappa shape index (κ3) is 1.82. The van der Waals surface area contributed by atoms with Crippen molar-refractivity contribution in [1.29, 1.82) is 10.5 Å². The minimum atomic E-state index is 0.231. The number of aromatic nitrogens is 2. The van der Waals surface area contributed by atoms with Crippen molar-refractivity contribution < 1.29 is 4.74 Å². The molecule has 0 radical (unpaired) electrons. The van der Waals surface area contributed by atoms with Crippen molar-refractivity contribution >= 4 is 0 Å². The number of hydrogen-bond donors (Lipinski definition) is 0. The van der Waals surface area contributed by atoms with E-state index in [4.69, 9.17) is 15.3 Å². The van der Waals surface area contributed by atoms with Gasteiger partial charge >= 0.3 is 0 Å². The molecule has 0 spiro atoms. The van der Waals surface area contributed by atoms with Crippen LogP contribution in [0.1, 0.15) is 11.4 Å². The fourth-order valence-corrected chi connectivity index (χ4v) is 1.51. The summed E-state index contributed by atoms with van der Waals surface area (Å²) in [5.41, 5.74) is 1.04. The van der Waals surface area contributed by atoms with Crippen LogP contribution in [0, 0.1) is 22.7 Å². The van der Waals surface area contributed by atoms with Gasteiger partial charge in [-0.1, -0.05) is 0 Å². The van der Waals surface area contributed by atoms with Gasteiger partial charge in [0, 0.05) is 18.5 Å². The zero-order chi connectivity index (χ0) is 12.3. The molecular weight excluding hydrogens is 216 g/mol. The van der Waals surface area contributed by atoms with Crippen LogP contribution in [0.4, 0.5) is 0 Å². The minimum Gasteiger partial charge on any atom is -0.497 e. The zero-order valence-corrected chi connectivity index (χ0v) is 9.08. The number of benzene rings is 1. The average molecular weight is 224 g/mol. The van der Waals surface area contributed by atoms with Crippen LogP contribution in [0.5, 0.6) is 5.75 Å². The third-order valence-electron chi connectivity index (χ3n) is 2.33. The van der Waals surface area contributed by atoms with Crippen molar-refractivity contribution in [3.05, 3.63) is 42.0 Å². The van der Waals surface area contributed by atoms with Gasteiger partial charge in [0.1, 0.15) is 17.9 Å². The molecule has 1 aromatic carbocycles. The first kappa shape index (κ1) is 10.7. The second kappa shape index (κ2) is 4.38. The lowest BCUT2D eigenvalue weighted by atomic mass is 10.2. The van der Waals surface area contributed by atoms with Gasteiger partial charge in [-0.2, -0.15) is 10.5 Å². The maximum Gasteiger partial charge on any atom is 0.217 e. The number of ether oxygens (including phenoxy) is 1. The van der Waals surface area contributed by atoms with Gasteiger partial charge in [0.2, 0.25) is 5.82 Å². The molecule has 0 aliphatic carbocycles. The number of methoxy groups -OCH3 is 1. The molecule has 82 valence electrons. The first-order chi connectivity index (χ1) is 8.30. The van der Waals surface area contributed by atoms with E-state index in [1.165, 1.54) is 6.20 Å². The minimum absolute atomic E-state index is 0.231. The zero-order valence-electron chi connectivity index (χ0n) is 9.08. The van der Waals surface area contributed by atoms with Gasteiger partial charge in [0.25, 0.3) is 0 Å². The summed E-state index contributed by atoms with van der Waals surface area (Å²) in [6, 6.07) is 9.08. The normalized spacial score (nSPS) is 9.35. The molecular formula is C12H8N4O. The molecule has 0 saturated heterocycles. The standard InChI is InChI=1S/C12H8N4O/c1-17-10-3-2-9(7-13)11(6-10)16-5-4-15-12(16)8-14/h2-6H,1H3. The van der Waals surface area contributed by atoms with Gasteiger partial charge in [0.05, 0.1) is 18.4 Å². The predicted molar refractivity (Wildman–Crippen MR) is 59.5 cm³/mol. The van der Waals surface area contributed by atoms with E-state index < -0.39 is 0 Å². The smallest absolute Gasteiger partial charge is 0.217 e. The second-order valence-corrected chi connectivity index (χ2v) is 3.23. The van der Waals surface area contributed by atoms with E-state index in [9.17, 15) is 0 Å². The number of imidazole rings is 1. The Bertz CT molecular complexity index is 631. The molecule has 0 bridgehead atoms. The van der Waals surface area contributed by atoms with E-state index in [1.54, 1.807) is 36.1 Å². The van der Waals surface area contributed by atoms with Gasteiger partial charge in [0.15, 0.2) is 0 Å². The van der Waals surface area contributed by atoms with E-state index in [0.717, 1.165) is 0 Å². The summed E-state index contributed by atoms with van der Waals surface area (Å²) in [7, 11) is 1.55. The fraction of sp³-hybridized carbons (Fsp3) is 0.0833. The van der Waals surface area contributed by atoms with E-state index in [1.807, 2.05) is 6.07 Å². The Morgan fingerprint density at radius 2 is 2.12 bits per heavy atom. The van der Waals surface area contributed by atoms with Crippen LogP contribution >= 0.6 is 0 Å². The predicted octanol–water partition coefficient (Wildman–Crippen LogP) is 1.62. The Morgan fingerprint density at radius 1 is 1.29 bits per heavy atom.